The predicted molar refractivity (Wildman–Crippen MR) is 97.7 cm³/mol. The van der Waals surface area contributed by atoms with Crippen LogP contribution in [0.4, 0.5) is 0 Å². The lowest BCUT2D eigenvalue weighted by Crippen LogP contribution is -2.21. The highest BCUT2D eigenvalue weighted by molar-refractivity contribution is 9.11. The van der Waals surface area contributed by atoms with Crippen molar-refractivity contribution in [3.63, 3.8) is 0 Å². The lowest BCUT2D eigenvalue weighted by atomic mass is 10.1. The second-order valence-corrected chi connectivity index (χ2v) is 9.39. The van der Waals surface area contributed by atoms with Gasteiger partial charge in [-0.2, -0.15) is 0 Å². The fourth-order valence-electron chi connectivity index (χ4n) is 3.04. The third-order valence-electron chi connectivity index (χ3n) is 4.09. The molecule has 3 rings (SSSR count). The van der Waals surface area contributed by atoms with Gasteiger partial charge in [0.15, 0.2) is 0 Å². The average Bonchev–Trinajstić information content (AvgIpc) is 2.99. The number of halogens is 1. The van der Waals surface area contributed by atoms with Gasteiger partial charge in [0.05, 0.1) is 3.79 Å². The monoisotopic (exact) mass is 383 g/mol. The number of rotatable bonds is 5. The van der Waals surface area contributed by atoms with Crippen LogP contribution in [0.15, 0.2) is 22.0 Å². The first kappa shape index (κ1) is 15.7. The van der Waals surface area contributed by atoms with E-state index in [-0.39, 0.29) is 0 Å². The summed E-state index contributed by atoms with van der Waals surface area (Å²) in [5.74, 6) is 0. The number of likely N-dealkylation sites (N-methyl/N-ethyl adjacent to an activating group) is 1. The Morgan fingerprint density at radius 3 is 2.81 bits per heavy atom. The zero-order valence-electron chi connectivity index (χ0n) is 12.5. The molecule has 2 aromatic heterocycles. The van der Waals surface area contributed by atoms with Gasteiger partial charge in [0.2, 0.25) is 0 Å². The Morgan fingerprint density at radius 2 is 2.05 bits per heavy atom. The van der Waals surface area contributed by atoms with Crippen LogP contribution in [0.2, 0.25) is 0 Å². The predicted octanol–water partition coefficient (Wildman–Crippen LogP) is 5.73. The molecule has 2 heterocycles. The van der Waals surface area contributed by atoms with E-state index in [0.29, 0.717) is 6.04 Å². The van der Waals surface area contributed by atoms with Crippen molar-refractivity contribution in [1.82, 2.24) is 5.32 Å². The van der Waals surface area contributed by atoms with Crippen molar-refractivity contribution in [2.45, 2.75) is 51.5 Å². The third-order valence-corrected chi connectivity index (χ3v) is 7.09. The van der Waals surface area contributed by atoms with E-state index in [0.717, 1.165) is 13.0 Å². The van der Waals surface area contributed by atoms with Gasteiger partial charge in [0.1, 0.15) is 0 Å². The van der Waals surface area contributed by atoms with Gasteiger partial charge in [-0.3, -0.25) is 0 Å². The Kier molecular flexibility index (Phi) is 5.54. The van der Waals surface area contributed by atoms with Crippen molar-refractivity contribution >= 4 is 38.6 Å². The minimum absolute atomic E-state index is 0.470. The number of fused-ring (bicyclic) bond motifs is 1. The lowest BCUT2D eigenvalue weighted by Gasteiger charge is -2.15. The van der Waals surface area contributed by atoms with Gasteiger partial charge in [-0.1, -0.05) is 13.3 Å². The van der Waals surface area contributed by atoms with E-state index in [1.807, 2.05) is 11.3 Å². The molecule has 2 aromatic rings. The first-order valence-electron chi connectivity index (χ1n) is 7.85. The van der Waals surface area contributed by atoms with Crippen molar-refractivity contribution in [2.24, 2.45) is 0 Å². The molecule has 0 fully saturated rings. The Bertz CT molecular complexity index is 564. The van der Waals surface area contributed by atoms with Crippen LogP contribution in [0.5, 0.6) is 0 Å². The molecule has 0 aliphatic heterocycles. The molecular formula is C17H22BrNS2. The van der Waals surface area contributed by atoms with Crippen molar-refractivity contribution in [1.29, 1.82) is 0 Å². The van der Waals surface area contributed by atoms with E-state index in [1.165, 1.54) is 45.6 Å². The van der Waals surface area contributed by atoms with Crippen LogP contribution in [0.25, 0.3) is 0 Å². The molecule has 1 nitrogen and oxygen atoms in total. The zero-order chi connectivity index (χ0) is 14.7. The fourth-order valence-corrected chi connectivity index (χ4v) is 5.91. The normalized spacial score (nSPS) is 16.5. The number of aryl methyl sites for hydroxylation is 2. The second-order valence-electron chi connectivity index (χ2n) is 5.68. The molecule has 0 saturated carbocycles. The molecule has 1 aliphatic carbocycles. The van der Waals surface area contributed by atoms with Gasteiger partial charge >= 0.3 is 0 Å². The van der Waals surface area contributed by atoms with Gasteiger partial charge in [0.25, 0.3) is 0 Å². The van der Waals surface area contributed by atoms with Gasteiger partial charge in [-0.15, -0.1) is 22.7 Å². The topological polar surface area (TPSA) is 12.0 Å². The first-order chi connectivity index (χ1) is 10.3. The van der Waals surface area contributed by atoms with Crippen LogP contribution in [0, 0.1) is 0 Å². The van der Waals surface area contributed by atoms with Crippen LogP contribution in [-0.4, -0.2) is 6.54 Å². The van der Waals surface area contributed by atoms with Gasteiger partial charge < -0.3 is 5.32 Å². The van der Waals surface area contributed by atoms with Crippen molar-refractivity contribution < 1.29 is 0 Å². The summed E-state index contributed by atoms with van der Waals surface area (Å²) in [4.78, 5) is 4.64. The van der Waals surface area contributed by atoms with Crippen LogP contribution < -0.4 is 5.32 Å². The summed E-state index contributed by atoms with van der Waals surface area (Å²) in [6, 6.07) is 7.36. The largest absolute Gasteiger partial charge is 0.309 e. The van der Waals surface area contributed by atoms with Crippen molar-refractivity contribution in [2.75, 3.05) is 6.54 Å². The molecule has 0 amide bonds. The standard InChI is InChI=1S/C17H22BrNS2/c1-2-19-14(11-13-8-9-17(18)20-13)16-10-12-6-4-3-5-7-15(12)21-16/h8-10,14,19H,2-7,11H2,1H3. The minimum Gasteiger partial charge on any atom is -0.309 e. The van der Waals surface area contributed by atoms with Crippen LogP contribution in [0.3, 0.4) is 0 Å². The SMILES string of the molecule is CCNC(Cc1ccc(Br)s1)c1cc2c(s1)CCCCC2. The van der Waals surface area contributed by atoms with Gasteiger partial charge in [-0.25, -0.2) is 0 Å². The zero-order valence-corrected chi connectivity index (χ0v) is 15.7. The summed E-state index contributed by atoms with van der Waals surface area (Å²) in [6.07, 6.45) is 7.82. The molecule has 0 bridgehead atoms. The Labute approximate surface area is 143 Å². The lowest BCUT2D eigenvalue weighted by molar-refractivity contribution is 0.561. The molecule has 0 spiro atoms. The van der Waals surface area contributed by atoms with Crippen LogP contribution >= 0.6 is 38.6 Å². The van der Waals surface area contributed by atoms with Crippen LogP contribution in [-0.2, 0) is 19.3 Å². The summed E-state index contributed by atoms with van der Waals surface area (Å²) in [5.41, 5.74) is 1.63. The molecule has 21 heavy (non-hydrogen) atoms. The summed E-state index contributed by atoms with van der Waals surface area (Å²) >= 11 is 7.48. The molecule has 114 valence electrons. The smallest absolute Gasteiger partial charge is 0.0701 e. The van der Waals surface area contributed by atoms with E-state index < -0.39 is 0 Å². The summed E-state index contributed by atoms with van der Waals surface area (Å²) < 4.78 is 1.23. The van der Waals surface area contributed by atoms with Gasteiger partial charge in [0, 0.05) is 27.1 Å². The number of hydrogen-bond acceptors (Lipinski definition) is 3. The molecule has 0 saturated heterocycles. The fraction of sp³-hybridized carbons (Fsp3) is 0.529. The molecule has 1 aliphatic rings. The number of thiophene rings is 2. The van der Waals surface area contributed by atoms with Crippen LogP contribution in [0.1, 0.15) is 52.4 Å². The molecule has 0 radical (unpaired) electrons. The Balaban J connectivity index is 1.80. The number of nitrogens with one attached hydrogen (secondary N) is 1. The van der Waals surface area contributed by atoms with E-state index in [9.17, 15) is 0 Å². The van der Waals surface area contributed by atoms with Crippen molar-refractivity contribution in [3.8, 4) is 0 Å². The highest BCUT2D eigenvalue weighted by Gasteiger charge is 2.19. The average molecular weight is 384 g/mol. The third kappa shape index (κ3) is 3.98. The molecule has 4 heteroatoms. The van der Waals surface area contributed by atoms with E-state index >= 15 is 0 Å². The maximum atomic E-state index is 3.68. The molecule has 1 unspecified atom stereocenters. The Hall–Kier alpha value is -0.160. The molecular weight excluding hydrogens is 362 g/mol. The quantitative estimate of drug-likeness (QED) is 0.649. The van der Waals surface area contributed by atoms with E-state index in [2.05, 4.69) is 57.7 Å². The van der Waals surface area contributed by atoms with E-state index in [4.69, 9.17) is 0 Å². The highest BCUT2D eigenvalue weighted by atomic mass is 79.9. The maximum Gasteiger partial charge on any atom is 0.0701 e. The highest BCUT2D eigenvalue weighted by Crippen LogP contribution is 2.34. The molecule has 0 aromatic carbocycles. The number of hydrogen-bond donors (Lipinski definition) is 1. The maximum absolute atomic E-state index is 3.68. The Morgan fingerprint density at radius 1 is 1.19 bits per heavy atom. The molecule has 1 atom stereocenters. The summed E-state index contributed by atoms with van der Waals surface area (Å²) in [7, 11) is 0. The van der Waals surface area contributed by atoms with Gasteiger partial charge in [-0.05, 0) is 71.9 Å². The van der Waals surface area contributed by atoms with E-state index in [1.54, 1.807) is 10.4 Å². The first-order valence-corrected chi connectivity index (χ1v) is 10.3. The second kappa shape index (κ2) is 7.40. The summed E-state index contributed by atoms with van der Waals surface area (Å²) in [6.45, 7) is 3.23. The minimum atomic E-state index is 0.470. The molecule has 1 N–H and O–H groups in total. The van der Waals surface area contributed by atoms with Crippen molar-refractivity contribution in [3.05, 3.63) is 42.2 Å². The summed E-state index contributed by atoms with van der Waals surface area (Å²) in [5, 5.41) is 3.68.